The molecular formula is C20H38N6. The van der Waals surface area contributed by atoms with E-state index >= 15 is 0 Å². The van der Waals surface area contributed by atoms with Gasteiger partial charge in [-0.15, -0.1) is 10.2 Å². The van der Waals surface area contributed by atoms with E-state index in [2.05, 4.69) is 88.4 Å². The maximum absolute atomic E-state index is 4.12. The van der Waals surface area contributed by atoms with Crippen LogP contribution < -0.4 is 0 Å². The lowest BCUT2D eigenvalue weighted by Gasteiger charge is -2.02. The van der Waals surface area contributed by atoms with Gasteiger partial charge in [-0.05, 0) is 36.5 Å². The van der Waals surface area contributed by atoms with Crippen molar-refractivity contribution in [2.45, 2.75) is 81.3 Å². The third-order valence-electron chi connectivity index (χ3n) is 3.51. The molecule has 148 valence electrons. The fourth-order valence-corrected chi connectivity index (χ4v) is 2.63. The second-order valence-corrected chi connectivity index (χ2v) is 8.85. The fourth-order valence-electron chi connectivity index (χ4n) is 2.63. The van der Waals surface area contributed by atoms with E-state index in [1.54, 1.807) is 0 Å². The van der Waals surface area contributed by atoms with Gasteiger partial charge in [0.15, 0.2) is 0 Å². The van der Waals surface area contributed by atoms with Crippen molar-refractivity contribution in [3.8, 4) is 0 Å². The van der Waals surface area contributed by atoms with Crippen molar-refractivity contribution in [3.05, 3.63) is 23.8 Å². The molecule has 0 atom stereocenters. The van der Waals surface area contributed by atoms with Crippen LogP contribution in [0.5, 0.6) is 0 Å². The van der Waals surface area contributed by atoms with E-state index < -0.39 is 0 Å². The van der Waals surface area contributed by atoms with E-state index in [0.29, 0.717) is 23.7 Å². The highest BCUT2D eigenvalue weighted by Crippen LogP contribution is 2.06. The molecule has 0 radical (unpaired) electrons. The summed E-state index contributed by atoms with van der Waals surface area (Å²) in [5.41, 5.74) is 2.21. The number of rotatable bonds is 8. The Morgan fingerprint density at radius 1 is 0.615 bits per heavy atom. The van der Waals surface area contributed by atoms with Crippen LogP contribution in [0.2, 0.25) is 0 Å². The summed E-state index contributed by atoms with van der Waals surface area (Å²) in [5, 5.41) is 16.4. The number of hydrogen-bond donors (Lipinski definition) is 0. The molecule has 2 heterocycles. The minimum atomic E-state index is 0.633. The molecule has 0 fully saturated rings. The van der Waals surface area contributed by atoms with Crippen LogP contribution in [0, 0.1) is 23.7 Å². The Morgan fingerprint density at radius 2 is 0.962 bits per heavy atom. The van der Waals surface area contributed by atoms with Crippen LogP contribution in [0.1, 0.15) is 66.8 Å². The van der Waals surface area contributed by atoms with Gasteiger partial charge >= 0.3 is 0 Å². The molecule has 26 heavy (non-hydrogen) atoms. The van der Waals surface area contributed by atoms with Crippen LogP contribution in [0.25, 0.3) is 0 Å². The lowest BCUT2D eigenvalue weighted by Crippen LogP contribution is -2.04. The Labute approximate surface area is 159 Å². The molecule has 0 unspecified atom stereocenters. The highest BCUT2D eigenvalue weighted by molar-refractivity contribution is 4.93. The average molecular weight is 363 g/mol. The monoisotopic (exact) mass is 362 g/mol. The first-order valence-corrected chi connectivity index (χ1v) is 9.93. The Morgan fingerprint density at radius 3 is 1.23 bits per heavy atom. The van der Waals surface area contributed by atoms with Crippen molar-refractivity contribution in [2.24, 2.45) is 23.7 Å². The largest absolute Gasteiger partial charge is 0.252 e. The van der Waals surface area contributed by atoms with Crippen LogP contribution in [0.3, 0.4) is 0 Å². The smallest absolute Gasteiger partial charge is 0.0829 e. The fraction of sp³-hybridized carbons (Fsp3) is 0.800. The summed E-state index contributed by atoms with van der Waals surface area (Å²) in [4.78, 5) is 0. The van der Waals surface area contributed by atoms with Crippen molar-refractivity contribution in [1.29, 1.82) is 0 Å². The van der Waals surface area contributed by atoms with Crippen LogP contribution in [0.15, 0.2) is 12.4 Å². The van der Waals surface area contributed by atoms with Gasteiger partial charge in [0.2, 0.25) is 0 Å². The van der Waals surface area contributed by atoms with E-state index in [1.165, 1.54) is 0 Å². The zero-order chi connectivity index (χ0) is 19.7. The second kappa shape index (κ2) is 11.1. The molecule has 2 aromatic heterocycles. The Hall–Kier alpha value is -1.72. The molecule has 0 spiro atoms. The predicted molar refractivity (Wildman–Crippen MR) is 107 cm³/mol. The van der Waals surface area contributed by atoms with Gasteiger partial charge in [0.1, 0.15) is 0 Å². The maximum atomic E-state index is 4.12. The number of aromatic nitrogens is 6. The van der Waals surface area contributed by atoms with Gasteiger partial charge in [0.25, 0.3) is 0 Å². The third-order valence-corrected chi connectivity index (χ3v) is 3.51. The first-order valence-electron chi connectivity index (χ1n) is 9.93. The minimum absolute atomic E-state index is 0.633. The van der Waals surface area contributed by atoms with Crippen molar-refractivity contribution < 1.29 is 0 Å². The molecule has 0 saturated heterocycles. The number of nitrogens with zero attached hydrogens (tertiary/aromatic N) is 6. The second-order valence-electron chi connectivity index (χ2n) is 8.85. The summed E-state index contributed by atoms with van der Waals surface area (Å²) in [7, 11) is 0. The SMILES string of the molecule is CC(C)Cc1cn(CC(C)C)nn1.CC(C)Cc1cn(CC(C)C)nn1. The summed E-state index contributed by atoms with van der Waals surface area (Å²) in [5.74, 6) is 2.58. The lowest BCUT2D eigenvalue weighted by atomic mass is 10.1. The molecule has 6 heteroatoms. The normalized spacial score (nSPS) is 11.5. The molecule has 2 rings (SSSR count). The van der Waals surface area contributed by atoms with Gasteiger partial charge in [-0.3, -0.25) is 9.36 Å². The molecule has 0 aliphatic rings. The third kappa shape index (κ3) is 9.68. The molecule has 0 aliphatic heterocycles. The van der Waals surface area contributed by atoms with Crippen LogP contribution in [0.4, 0.5) is 0 Å². The van der Waals surface area contributed by atoms with E-state index in [4.69, 9.17) is 0 Å². The average Bonchev–Trinajstić information content (AvgIpc) is 3.07. The van der Waals surface area contributed by atoms with Crippen molar-refractivity contribution in [2.75, 3.05) is 0 Å². The van der Waals surface area contributed by atoms with E-state index in [0.717, 1.165) is 37.3 Å². The number of hydrogen-bond acceptors (Lipinski definition) is 4. The van der Waals surface area contributed by atoms with E-state index in [1.807, 2.05) is 9.36 Å². The van der Waals surface area contributed by atoms with Gasteiger partial charge in [0.05, 0.1) is 11.4 Å². The Balaban J connectivity index is 0.000000260. The Kier molecular flexibility index (Phi) is 9.52. The molecule has 6 nitrogen and oxygen atoms in total. The summed E-state index contributed by atoms with van der Waals surface area (Å²) < 4.78 is 3.87. The maximum Gasteiger partial charge on any atom is 0.0829 e. The Bertz CT molecular complexity index is 506. The van der Waals surface area contributed by atoms with Gasteiger partial charge in [-0.25, -0.2) is 0 Å². The van der Waals surface area contributed by atoms with Gasteiger partial charge in [0, 0.05) is 25.5 Å². The molecule has 0 amide bonds. The molecule has 0 aliphatic carbocycles. The summed E-state index contributed by atoms with van der Waals surface area (Å²) in [6.45, 7) is 19.4. The quantitative estimate of drug-likeness (QED) is 0.704. The van der Waals surface area contributed by atoms with E-state index in [9.17, 15) is 0 Å². The van der Waals surface area contributed by atoms with Gasteiger partial charge < -0.3 is 0 Å². The van der Waals surface area contributed by atoms with Crippen LogP contribution >= 0.6 is 0 Å². The first kappa shape index (κ1) is 22.3. The molecule has 0 saturated carbocycles. The molecule has 0 N–H and O–H groups in total. The minimum Gasteiger partial charge on any atom is -0.252 e. The molecule has 0 aromatic carbocycles. The summed E-state index contributed by atoms with van der Waals surface area (Å²) in [6.07, 6.45) is 6.16. The zero-order valence-corrected chi connectivity index (χ0v) is 18.0. The molecule has 0 bridgehead atoms. The lowest BCUT2D eigenvalue weighted by molar-refractivity contribution is 0.472. The van der Waals surface area contributed by atoms with Gasteiger partial charge in [-0.1, -0.05) is 65.8 Å². The van der Waals surface area contributed by atoms with E-state index in [-0.39, 0.29) is 0 Å². The standard InChI is InChI=1S/2C10H19N3/c2*1-8(2)5-10-7-13(12-11-10)6-9(3)4/h2*7-9H,5-6H2,1-4H3. The highest BCUT2D eigenvalue weighted by Gasteiger charge is 2.05. The molecule has 2 aromatic rings. The summed E-state index contributed by atoms with van der Waals surface area (Å²) >= 11 is 0. The van der Waals surface area contributed by atoms with Crippen LogP contribution in [-0.2, 0) is 25.9 Å². The zero-order valence-electron chi connectivity index (χ0n) is 18.0. The topological polar surface area (TPSA) is 61.4 Å². The molecular weight excluding hydrogens is 324 g/mol. The first-order chi connectivity index (χ1) is 12.2. The van der Waals surface area contributed by atoms with Gasteiger partial charge in [-0.2, -0.15) is 0 Å². The predicted octanol–water partition coefficient (Wildman–Crippen LogP) is 4.27. The van der Waals surface area contributed by atoms with Crippen LogP contribution in [-0.4, -0.2) is 30.0 Å². The highest BCUT2D eigenvalue weighted by atomic mass is 15.4. The van der Waals surface area contributed by atoms with Crippen molar-refractivity contribution in [1.82, 2.24) is 30.0 Å². The van der Waals surface area contributed by atoms with Crippen molar-refractivity contribution >= 4 is 0 Å². The van der Waals surface area contributed by atoms with Crippen molar-refractivity contribution in [3.63, 3.8) is 0 Å². The summed E-state index contributed by atoms with van der Waals surface area (Å²) in [6, 6.07) is 0.